The number of benzene rings is 2. The maximum absolute atomic E-state index is 12.8. The fraction of sp³-hybridized carbons (Fsp3) is 0.385. The van der Waals surface area contributed by atoms with Crippen LogP contribution in [0, 0.1) is 6.92 Å². The Bertz CT molecular complexity index is 1160. The van der Waals surface area contributed by atoms with Crippen LogP contribution in [0.4, 0.5) is 11.4 Å². The molecule has 2 amide bonds. The third-order valence-corrected chi connectivity index (χ3v) is 6.45. The summed E-state index contributed by atoms with van der Waals surface area (Å²) in [5.74, 6) is -0.539. The molecule has 1 heterocycles. The van der Waals surface area contributed by atoms with E-state index in [1.807, 2.05) is 56.3 Å². The topological polar surface area (TPSA) is 98.8 Å². The van der Waals surface area contributed by atoms with E-state index in [0.717, 1.165) is 28.1 Å². The molecule has 8 heteroatoms. The number of nitrogens with zero attached hydrogens (tertiary/aromatic N) is 2. The van der Waals surface area contributed by atoms with E-state index in [9.17, 15) is 19.2 Å². The van der Waals surface area contributed by atoms with Gasteiger partial charge in [0.25, 0.3) is 5.91 Å². The molecule has 0 aromatic heterocycles. The molecule has 8 nitrogen and oxygen atoms in total. The maximum atomic E-state index is 12.8. The van der Waals surface area contributed by atoms with Gasteiger partial charge in [-0.3, -0.25) is 19.2 Å². The van der Waals surface area contributed by atoms with Gasteiger partial charge in [-0.1, -0.05) is 18.2 Å². The summed E-state index contributed by atoms with van der Waals surface area (Å²) in [4.78, 5) is 52.6. The molecule has 0 saturated heterocycles. The summed E-state index contributed by atoms with van der Waals surface area (Å²) in [6.07, 6.45) is 0.639. The van der Waals surface area contributed by atoms with Gasteiger partial charge in [-0.25, -0.2) is 0 Å². The molecule has 1 unspecified atom stereocenters. The second-order valence-corrected chi connectivity index (χ2v) is 9.19. The average molecular weight is 463 g/mol. The second kappa shape index (κ2) is 9.67. The van der Waals surface area contributed by atoms with Crippen molar-refractivity contribution in [2.24, 2.45) is 0 Å². The van der Waals surface area contributed by atoms with Crippen LogP contribution in [-0.2, 0) is 27.5 Å². The van der Waals surface area contributed by atoms with Gasteiger partial charge in [0.1, 0.15) is 5.78 Å². The van der Waals surface area contributed by atoms with Crippen molar-refractivity contribution >= 4 is 34.8 Å². The summed E-state index contributed by atoms with van der Waals surface area (Å²) in [6.45, 7) is 2.89. The van der Waals surface area contributed by atoms with E-state index in [2.05, 4.69) is 10.6 Å². The molecule has 2 aromatic carbocycles. The number of Topliss-reactive ketones (excluding diaryl/α,β-unsaturated/α-hetero) is 2. The normalized spacial score (nSPS) is 17.6. The molecule has 178 valence electrons. The molecule has 4 rings (SSSR count). The predicted molar refractivity (Wildman–Crippen MR) is 130 cm³/mol. The average Bonchev–Trinajstić information content (AvgIpc) is 3.12. The van der Waals surface area contributed by atoms with Crippen LogP contribution >= 0.6 is 0 Å². The quantitative estimate of drug-likeness (QED) is 0.614. The number of hydrogen-bond donors (Lipinski definition) is 2. The van der Waals surface area contributed by atoms with Crippen molar-refractivity contribution < 1.29 is 19.2 Å². The van der Waals surface area contributed by atoms with Crippen LogP contribution in [0.3, 0.4) is 0 Å². The fourth-order valence-corrected chi connectivity index (χ4v) is 4.59. The Labute approximate surface area is 199 Å². The van der Waals surface area contributed by atoms with Gasteiger partial charge in [0.2, 0.25) is 5.91 Å². The summed E-state index contributed by atoms with van der Waals surface area (Å²) in [5.41, 5.74) is 5.44. The lowest BCUT2D eigenvalue weighted by atomic mass is 9.92. The largest absolute Gasteiger partial charge is 0.377 e. The monoisotopic (exact) mass is 462 g/mol. The van der Waals surface area contributed by atoms with Crippen molar-refractivity contribution in [1.29, 1.82) is 0 Å². The van der Waals surface area contributed by atoms with Gasteiger partial charge in [-0.05, 0) is 48.2 Å². The molecule has 1 atom stereocenters. The van der Waals surface area contributed by atoms with Crippen LogP contribution in [0.25, 0.3) is 0 Å². The van der Waals surface area contributed by atoms with Crippen molar-refractivity contribution in [2.75, 3.05) is 30.9 Å². The molecule has 2 aliphatic rings. The van der Waals surface area contributed by atoms with E-state index in [1.54, 1.807) is 11.0 Å². The lowest BCUT2D eigenvalue weighted by Crippen LogP contribution is -2.44. The molecule has 34 heavy (non-hydrogen) atoms. The Hall–Kier alpha value is -3.68. The molecule has 1 saturated carbocycles. The lowest BCUT2D eigenvalue weighted by Gasteiger charge is -2.29. The van der Waals surface area contributed by atoms with Gasteiger partial charge < -0.3 is 20.4 Å². The Morgan fingerprint density at radius 1 is 1.12 bits per heavy atom. The Kier molecular flexibility index (Phi) is 6.68. The number of aryl methyl sites for hydroxylation is 1. The zero-order valence-electron chi connectivity index (χ0n) is 19.8. The maximum Gasteiger partial charge on any atom is 0.255 e. The van der Waals surface area contributed by atoms with E-state index in [1.165, 1.54) is 0 Å². The van der Waals surface area contributed by atoms with Crippen molar-refractivity contribution in [3.05, 3.63) is 58.7 Å². The van der Waals surface area contributed by atoms with Crippen molar-refractivity contribution in [3.63, 3.8) is 0 Å². The standard InChI is InChI=1S/C26H30N4O4/c1-16-4-6-19(11-23(16)29(2)3)27-14-25(33)28-13-17-5-8-21-18(10-17)15-30(26(21)34)22-9-7-20(31)12-24(22)32/h4-6,8,10-11,22,27H,7,9,12-15H2,1-3H3,(H,28,33). The number of ketones is 2. The van der Waals surface area contributed by atoms with Crippen molar-refractivity contribution in [1.82, 2.24) is 10.2 Å². The van der Waals surface area contributed by atoms with Crippen LogP contribution in [-0.4, -0.2) is 55.0 Å². The minimum atomic E-state index is -0.526. The van der Waals surface area contributed by atoms with Gasteiger partial charge in [0.05, 0.1) is 19.0 Å². The summed E-state index contributed by atoms with van der Waals surface area (Å²) >= 11 is 0. The molecule has 1 aliphatic carbocycles. The Morgan fingerprint density at radius 2 is 1.91 bits per heavy atom. The van der Waals surface area contributed by atoms with Crippen LogP contribution in [0.15, 0.2) is 36.4 Å². The second-order valence-electron chi connectivity index (χ2n) is 9.19. The highest BCUT2D eigenvalue weighted by Crippen LogP contribution is 2.29. The summed E-state index contributed by atoms with van der Waals surface area (Å²) in [7, 11) is 3.96. The van der Waals surface area contributed by atoms with Gasteiger partial charge >= 0.3 is 0 Å². The minimum absolute atomic E-state index is 0.0570. The first-order chi connectivity index (χ1) is 16.2. The number of nitrogens with one attached hydrogen (secondary N) is 2. The first kappa shape index (κ1) is 23.5. The van der Waals surface area contributed by atoms with Crippen molar-refractivity contribution in [3.8, 4) is 0 Å². The fourth-order valence-electron chi connectivity index (χ4n) is 4.59. The van der Waals surface area contributed by atoms with Gasteiger partial charge in [-0.2, -0.15) is 0 Å². The first-order valence-corrected chi connectivity index (χ1v) is 11.5. The molecule has 1 aliphatic heterocycles. The molecular weight excluding hydrogens is 432 g/mol. The number of anilines is 2. The summed E-state index contributed by atoms with van der Waals surface area (Å²) in [6, 6.07) is 10.9. The number of fused-ring (bicyclic) bond motifs is 1. The highest BCUT2D eigenvalue weighted by atomic mass is 16.2. The molecule has 2 aromatic rings. The molecule has 1 fully saturated rings. The highest BCUT2D eigenvalue weighted by Gasteiger charge is 2.38. The van der Waals surface area contributed by atoms with Crippen LogP contribution in [0.2, 0.25) is 0 Å². The third kappa shape index (κ3) is 4.95. The van der Waals surface area contributed by atoms with E-state index in [-0.39, 0.29) is 36.3 Å². The van der Waals surface area contributed by atoms with E-state index in [4.69, 9.17) is 0 Å². The van der Waals surface area contributed by atoms with Gasteiger partial charge in [-0.15, -0.1) is 0 Å². The van der Waals surface area contributed by atoms with Crippen LogP contribution in [0.1, 0.15) is 46.3 Å². The van der Waals surface area contributed by atoms with E-state index in [0.29, 0.717) is 31.5 Å². The van der Waals surface area contributed by atoms with Crippen LogP contribution in [0.5, 0.6) is 0 Å². The van der Waals surface area contributed by atoms with Gasteiger partial charge in [0, 0.05) is 50.5 Å². The number of carbonyl (C=O) groups excluding carboxylic acids is 4. The molecule has 2 N–H and O–H groups in total. The van der Waals surface area contributed by atoms with E-state index >= 15 is 0 Å². The zero-order chi connectivity index (χ0) is 24.4. The first-order valence-electron chi connectivity index (χ1n) is 11.5. The minimum Gasteiger partial charge on any atom is -0.377 e. The van der Waals surface area contributed by atoms with Gasteiger partial charge in [0.15, 0.2) is 5.78 Å². The third-order valence-electron chi connectivity index (χ3n) is 6.45. The predicted octanol–water partition coefficient (Wildman–Crippen LogP) is 2.44. The summed E-state index contributed by atoms with van der Waals surface area (Å²) in [5, 5.41) is 6.06. The number of rotatable bonds is 7. The smallest absolute Gasteiger partial charge is 0.255 e. The lowest BCUT2D eigenvalue weighted by molar-refractivity contribution is -0.133. The van der Waals surface area contributed by atoms with Crippen molar-refractivity contribution in [2.45, 2.75) is 45.3 Å². The van der Waals surface area contributed by atoms with Crippen LogP contribution < -0.4 is 15.5 Å². The zero-order valence-corrected chi connectivity index (χ0v) is 19.8. The molecule has 0 bridgehead atoms. The number of amides is 2. The molecular formula is C26H30N4O4. The molecule has 0 spiro atoms. The van der Waals surface area contributed by atoms with E-state index < -0.39 is 6.04 Å². The summed E-state index contributed by atoms with van der Waals surface area (Å²) < 4.78 is 0. The SMILES string of the molecule is Cc1ccc(NCC(=O)NCc2ccc3c(c2)CN(C2CCC(=O)CC2=O)C3=O)cc1N(C)C. The number of hydrogen-bond acceptors (Lipinski definition) is 6. The highest BCUT2D eigenvalue weighted by molar-refractivity contribution is 6.07. The Morgan fingerprint density at radius 3 is 2.65 bits per heavy atom. The molecule has 0 radical (unpaired) electrons. The number of carbonyl (C=O) groups is 4. The Balaban J connectivity index is 1.32.